The molecule has 2 aromatic heterocycles. The van der Waals surface area contributed by atoms with E-state index in [1.807, 2.05) is 0 Å². The molecular formula is C19H17ClFN3O3. The van der Waals surface area contributed by atoms with E-state index >= 15 is 0 Å². The smallest absolute Gasteiger partial charge is 0.276 e. The van der Waals surface area contributed by atoms with Gasteiger partial charge in [0, 0.05) is 43.8 Å². The van der Waals surface area contributed by atoms with E-state index in [1.54, 1.807) is 29.2 Å². The quantitative estimate of drug-likeness (QED) is 0.681. The van der Waals surface area contributed by atoms with Crippen LogP contribution in [0.2, 0.25) is 5.02 Å². The first-order chi connectivity index (χ1) is 13.1. The topological polar surface area (TPSA) is 62.7 Å². The molecule has 0 saturated carbocycles. The number of hydrogen-bond acceptors (Lipinski definition) is 5. The van der Waals surface area contributed by atoms with Gasteiger partial charge in [-0.1, -0.05) is 22.8 Å². The molecule has 8 heteroatoms. The van der Waals surface area contributed by atoms with Crippen molar-refractivity contribution in [3.8, 4) is 11.5 Å². The maximum Gasteiger partial charge on any atom is 0.276 e. The number of aromatic nitrogens is 1. The molecule has 3 aromatic rings. The van der Waals surface area contributed by atoms with Crippen molar-refractivity contribution in [3.05, 3.63) is 64.8 Å². The lowest BCUT2D eigenvalue weighted by Crippen LogP contribution is -2.48. The Hall–Kier alpha value is -2.64. The summed E-state index contributed by atoms with van der Waals surface area (Å²) in [5.41, 5.74) is 1.13. The Morgan fingerprint density at radius 2 is 1.96 bits per heavy atom. The number of rotatable bonds is 4. The maximum atomic E-state index is 13.2. The second-order valence-electron chi connectivity index (χ2n) is 6.36. The predicted molar refractivity (Wildman–Crippen MR) is 96.8 cm³/mol. The minimum absolute atomic E-state index is 0.170. The van der Waals surface area contributed by atoms with E-state index in [0.29, 0.717) is 49.3 Å². The van der Waals surface area contributed by atoms with Crippen LogP contribution in [0.25, 0.3) is 11.5 Å². The fourth-order valence-electron chi connectivity index (χ4n) is 3.07. The van der Waals surface area contributed by atoms with Crippen molar-refractivity contribution in [3.63, 3.8) is 0 Å². The van der Waals surface area contributed by atoms with Gasteiger partial charge in [-0.25, -0.2) is 4.39 Å². The fourth-order valence-corrected chi connectivity index (χ4v) is 3.30. The molecule has 1 aliphatic rings. The van der Waals surface area contributed by atoms with E-state index in [0.717, 1.165) is 5.56 Å². The predicted octanol–water partition coefficient (Wildman–Crippen LogP) is 3.69. The summed E-state index contributed by atoms with van der Waals surface area (Å²) in [6.07, 6.45) is 1.53. The third-order valence-corrected chi connectivity index (χ3v) is 4.91. The monoisotopic (exact) mass is 389 g/mol. The van der Waals surface area contributed by atoms with E-state index in [1.165, 1.54) is 18.4 Å². The second-order valence-corrected chi connectivity index (χ2v) is 6.76. The number of amides is 1. The highest BCUT2D eigenvalue weighted by Crippen LogP contribution is 2.22. The van der Waals surface area contributed by atoms with E-state index < -0.39 is 0 Å². The Bertz CT molecular complexity index is 934. The van der Waals surface area contributed by atoms with Crippen molar-refractivity contribution >= 4 is 17.5 Å². The van der Waals surface area contributed by atoms with Crippen LogP contribution in [0, 0.1) is 5.82 Å². The number of benzene rings is 1. The molecule has 1 amide bonds. The van der Waals surface area contributed by atoms with Crippen molar-refractivity contribution < 1.29 is 18.1 Å². The second kappa shape index (κ2) is 7.54. The molecule has 3 heterocycles. The zero-order valence-corrected chi connectivity index (χ0v) is 15.2. The third-order valence-electron chi connectivity index (χ3n) is 4.56. The first-order valence-electron chi connectivity index (χ1n) is 8.56. The Kier molecular flexibility index (Phi) is 4.96. The minimum Gasteiger partial charge on any atom is -0.461 e. The summed E-state index contributed by atoms with van der Waals surface area (Å²) in [7, 11) is 0. The molecule has 0 aliphatic carbocycles. The van der Waals surface area contributed by atoms with E-state index in [2.05, 4.69) is 10.1 Å². The summed E-state index contributed by atoms with van der Waals surface area (Å²) in [6.45, 7) is 3.15. The normalized spacial score (nSPS) is 15.3. The van der Waals surface area contributed by atoms with E-state index in [4.69, 9.17) is 20.5 Å². The van der Waals surface area contributed by atoms with Crippen molar-refractivity contribution in [2.45, 2.75) is 6.54 Å². The first-order valence-corrected chi connectivity index (χ1v) is 8.94. The highest BCUT2D eigenvalue weighted by atomic mass is 35.5. The number of carbonyl (C=O) groups excluding carboxylic acids is 1. The van der Waals surface area contributed by atoms with Crippen molar-refractivity contribution in [1.29, 1.82) is 0 Å². The van der Waals surface area contributed by atoms with Gasteiger partial charge in [0.2, 0.25) is 5.76 Å². The van der Waals surface area contributed by atoms with Gasteiger partial charge in [-0.15, -0.1) is 0 Å². The summed E-state index contributed by atoms with van der Waals surface area (Å²) >= 11 is 6.09. The third kappa shape index (κ3) is 3.89. The van der Waals surface area contributed by atoms with Gasteiger partial charge in [0.15, 0.2) is 11.5 Å². The average Bonchev–Trinajstić information content (AvgIpc) is 3.35. The zero-order valence-electron chi connectivity index (χ0n) is 14.4. The van der Waals surface area contributed by atoms with Crippen molar-refractivity contribution in [2.75, 3.05) is 26.2 Å². The van der Waals surface area contributed by atoms with Crippen LogP contribution < -0.4 is 0 Å². The summed E-state index contributed by atoms with van der Waals surface area (Å²) in [4.78, 5) is 16.6. The van der Waals surface area contributed by atoms with Crippen LogP contribution in [0.3, 0.4) is 0 Å². The van der Waals surface area contributed by atoms with Gasteiger partial charge in [-0.05, 0) is 29.8 Å². The van der Waals surface area contributed by atoms with Crippen LogP contribution in [-0.2, 0) is 6.54 Å². The summed E-state index contributed by atoms with van der Waals surface area (Å²) in [6, 6.07) is 9.49. The number of carbonyl (C=O) groups is 1. The minimum atomic E-state index is -0.347. The van der Waals surface area contributed by atoms with Gasteiger partial charge in [0.25, 0.3) is 5.91 Å². The fraction of sp³-hybridized carbons (Fsp3) is 0.263. The standard InChI is InChI=1S/C19H17ClFN3O3/c20-15-10-14(21)4-3-13(15)12-23-5-7-24(8-6-23)19(25)16-11-18(27-22-16)17-2-1-9-26-17/h1-4,9-11H,5-8,12H2. The van der Waals surface area contributed by atoms with Gasteiger partial charge in [0.1, 0.15) is 5.82 Å². The molecule has 0 unspecified atom stereocenters. The molecule has 0 atom stereocenters. The van der Waals surface area contributed by atoms with Crippen LogP contribution in [-0.4, -0.2) is 47.0 Å². The van der Waals surface area contributed by atoms with Gasteiger partial charge >= 0.3 is 0 Å². The summed E-state index contributed by atoms with van der Waals surface area (Å²) in [5, 5.41) is 4.28. The van der Waals surface area contributed by atoms with Crippen LogP contribution in [0.5, 0.6) is 0 Å². The van der Waals surface area contributed by atoms with Gasteiger partial charge in [0.05, 0.1) is 6.26 Å². The molecular weight excluding hydrogens is 373 g/mol. The largest absolute Gasteiger partial charge is 0.461 e. The number of halogens is 2. The molecule has 0 bridgehead atoms. The molecule has 1 fully saturated rings. The Morgan fingerprint density at radius 3 is 2.67 bits per heavy atom. The Labute approximate surface area is 160 Å². The SMILES string of the molecule is O=C(c1cc(-c2ccco2)on1)N1CCN(Cc2ccc(F)cc2Cl)CC1. The average molecular weight is 390 g/mol. The van der Waals surface area contributed by atoms with Gasteiger partial charge in [-0.3, -0.25) is 9.69 Å². The van der Waals surface area contributed by atoms with Crippen LogP contribution in [0.15, 0.2) is 51.6 Å². The number of hydrogen-bond donors (Lipinski definition) is 0. The molecule has 27 heavy (non-hydrogen) atoms. The molecule has 4 rings (SSSR count). The zero-order chi connectivity index (χ0) is 18.8. The lowest BCUT2D eigenvalue weighted by molar-refractivity contribution is 0.0618. The highest BCUT2D eigenvalue weighted by molar-refractivity contribution is 6.31. The lowest BCUT2D eigenvalue weighted by atomic mass is 10.2. The number of nitrogens with zero attached hydrogens (tertiary/aromatic N) is 3. The van der Waals surface area contributed by atoms with E-state index in [9.17, 15) is 9.18 Å². The number of piperazine rings is 1. The maximum absolute atomic E-state index is 13.2. The van der Waals surface area contributed by atoms with Gasteiger partial charge in [-0.2, -0.15) is 0 Å². The van der Waals surface area contributed by atoms with Crippen molar-refractivity contribution in [1.82, 2.24) is 15.0 Å². The molecule has 140 valence electrons. The molecule has 0 spiro atoms. The lowest BCUT2D eigenvalue weighted by Gasteiger charge is -2.34. The summed E-state index contributed by atoms with van der Waals surface area (Å²) < 4.78 is 23.6. The van der Waals surface area contributed by atoms with Crippen LogP contribution >= 0.6 is 11.6 Å². The molecule has 1 aliphatic heterocycles. The van der Waals surface area contributed by atoms with Crippen LogP contribution in [0.4, 0.5) is 4.39 Å². The molecule has 1 aromatic carbocycles. The highest BCUT2D eigenvalue weighted by Gasteiger charge is 2.25. The molecule has 0 radical (unpaired) electrons. The molecule has 1 saturated heterocycles. The molecule has 6 nitrogen and oxygen atoms in total. The Morgan fingerprint density at radius 1 is 1.15 bits per heavy atom. The molecule has 0 N–H and O–H groups in total. The number of furan rings is 1. The van der Waals surface area contributed by atoms with Crippen LogP contribution in [0.1, 0.15) is 16.1 Å². The van der Waals surface area contributed by atoms with E-state index in [-0.39, 0.29) is 17.4 Å². The summed E-state index contributed by atoms with van der Waals surface area (Å²) in [5.74, 6) is 0.437. The van der Waals surface area contributed by atoms with Gasteiger partial charge < -0.3 is 13.8 Å². The first kappa shape index (κ1) is 17.8. The Balaban J connectivity index is 1.35. The van der Waals surface area contributed by atoms with Crippen molar-refractivity contribution in [2.24, 2.45) is 0 Å².